The number of halogens is 2. The smallest absolute Gasteiger partial charge is 0.137 e. The van der Waals surface area contributed by atoms with Gasteiger partial charge in [0.25, 0.3) is 0 Å². The molecule has 3 aliphatic rings. The molecule has 4 heterocycles. The van der Waals surface area contributed by atoms with Crippen molar-refractivity contribution < 1.29 is 18.3 Å². The Kier molecular flexibility index (Phi) is 6.49. The molecule has 0 radical (unpaired) electrons. The number of benzene rings is 1. The van der Waals surface area contributed by atoms with Crippen LogP contribution in [0.5, 0.6) is 5.75 Å². The van der Waals surface area contributed by atoms with Crippen molar-refractivity contribution in [2.24, 2.45) is 11.8 Å². The van der Waals surface area contributed by atoms with Crippen LogP contribution in [0.15, 0.2) is 42.9 Å². The van der Waals surface area contributed by atoms with Crippen LogP contribution in [0.3, 0.4) is 0 Å². The molecule has 1 aliphatic heterocycles. The van der Waals surface area contributed by atoms with E-state index in [-0.39, 0.29) is 11.5 Å². The predicted octanol–water partition coefficient (Wildman–Crippen LogP) is 6.77. The lowest BCUT2D eigenvalue weighted by atomic mass is 10.0. The SMILES string of the molecule is COc1cncc(-c2cnc(N3CCOC([C@H]4CC4C)C3)cc2Nc2c(C)c(C3CC3)nc3cc(F)cc(F)c23)c1. The summed E-state index contributed by atoms with van der Waals surface area (Å²) in [5.41, 5.74) is 5.00. The van der Waals surface area contributed by atoms with Gasteiger partial charge < -0.3 is 19.7 Å². The Bertz CT molecular complexity index is 1640. The summed E-state index contributed by atoms with van der Waals surface area (Å²) in [4.78, 5) is 16.2. The highest BCUT2D eigenvalue weighted by Crippen LogP contribution is 2.46. The summed E-state index contributed by atoms with van der Waals surface area (Å²) in [6, 6.07) is 6.14. The molecule has 7 nitrogen and oxygen atoms in total. The van der Waals surface area contributed by atoms with E-state index in [1.165, 1.54) is 12.5 Å². The fourth-order valence-corrected chi connectivity index (χ4v) is 6.11. The summed E-state index contributed by atoms with van der Waals surface area (Å²) in [6.07, 6.45) is 8.67. The topological polar surface area (TPSA) is 72.4 Å². The molecule has 2 unspecified atom stereocenters. The van der Waals surface area contributed by atoms with E-state index >= 15 is 4.39 Å². The highest BCUT2D eigenvalue weighted by molar-refractivity contribution is 5.97. The highest BCUT2D eigenvalue weighted by Gasteiger charge is 2.42. The fraction of sp³-hybridized carbons (Fsp3) is 0.406. The van der Waals surface area contributed by atoms with Gasteiger partial charge in [-0.3, -0.25) is 9.97 Å². The van der Waals surface area contributed by atoms with Crippen molar-refractivity contribution in [2.45, 2.75) is 45.1 Å². The van der Waals surface area contributed by atoms with Crippen LogP contribution in [0.4, 0.5) is 26.0 Å². The van der Waals surface area contributed by atoms with Crippen molar-refractivity contribution in [2.75, 3.05) is 37.0 Å². The largest absolute Gasteiger partial charge is 0.495 e. The Morgan fingerprint density at radius 1 is 1.10 bits per heavy atom. The molecule has 1 N–H and O–H groups in total. The lowest BCUT2D eigenvalue weighted by Crippen LogP contribution is -2.44. The summed E-state index contributed by atoms with van der Waals surface area (Å²) >= 11 is 0. The molecule has 0 bridgehead atoms. The average Bonchev–Trinajstić information content (AvgIpc) is 3.91. The van der Waals surface area contributed by atoms with E-state index in [1.54, 1.807) is 19.5 Å². The number of rotatable bonds is 7. The van der Waals surface area contributed by atoms with Crippen LogP contribution in [-0.4, -0.2) is 47.9 Å². The molecule has 3 aromatic heterocycles. The molecule has 212 valence electrons. The van der Waals surface area contributed by atoms with Crippen molar-refractivity contribution in [3.05, 3.63) is 65.7 Å². The van der Waals surface area contributed by atoms with Gasteiger partial charge in [-0.25, -0.2) is 13.8 Å². The molecule has 7 rings (SSSR count). The first kappa shape index (κ1) is 26.1. The number of pyridine rings is 3. The molecule has 2 aliphatic carbocycles. The number of anilines is 3. The normalized spacial score (nSPS) is 22.2. The number of nitrogens with zero attached hydrogens (tertiary/aromatic N) is 4. The first-order valence-electron chi connectivity index (χ1n) is 14.3. The number of hydrogen-bond acceptors (Lipinski definition) is 7. The molecule has 2 saturated carbocycles. The molecular weight excluding hydrogens is 524 g/mol. The van der Waals surface area contributed by atoms with Crippen molar-refractivity contribution in [3.63, 3.8) is 0 Å². The van der Waals surface area contributed by atoms with E-state index in [4.69, 9.17) is 19.4 Å². The van der Waals surface area contributed by atoms with Crippen molar-refractivity contribution >= 4 is 28.1 Å². The Morgan fingerprint density at radius 3 is 2.68 bits per heavy atom. The van der Waals surface area contributed by atoms with Gasteiger partial charge in [0, 0.05) is 66.4 Å². The molecule has 9 heteroatoms. The second kappa shape index (κ2) is 10.2. The molecule has 4 aromatic rings. The van der Waals surface area contributed by atoms with Gasteiger partial charge in [0.1, 0.15) is 23.2 Å². The van der Waals surface area contributed by atoms with Crippen LogP contribution < -0.4 is 15.0 Å². The zero-order chi connectivity index (χ0) is 28.2. The summed E-state index contributed by atoms with van der Waals surface area (Å²) in [7, 11) is 1.60. The molecular formula is C32H33F2N5O2. The molecule has 3 fully saturated rings. The summed E-state index contributed by atoms with van der Waals surface area (Å²) in [6.45, 7) is 6.39. The summed E-state index contributed by atoms with van der Waals surface area (Å²) in [5.74, 6) is 1.74. The minimum absolute atomic E-state index is 0.190. The Balaban J connectivity index is 1.35. The maximum atomic E-state index is 15.4. The van der Waals surface area contributed by atoms with Gasteiger partial charge in [-0.15, -0.1) is 0 Å². The molecule has 1 saturated heterocycles. The maximum Gasteiger partial charge on any atom is 0.137 e. The van der Waals surface area contributed by atoms with Gasteiger partial charge >= 0.3 is 0 Å². The lowest BCUT2D eigenvalue weighted by molar-refractivity contribution is 0.0232. The van der Waals surface area contributed by atoms with E-state index in [1.807, 2.05) is 25.3 Å². The van der Waals surface area contributed by atoms with Crippen LogP contribution in [0, 0.1) is 30.4 Å². The minimum atomic E-state index is -0.645. The molecule has 0 spiro atoms. The van der Waals surface area contributed by atoms with Crippen LogP contribution in [0.1, 0.15) is 43.4 Å². The van der Waals surface area contributed by atoms with Crippen molar-refractivity contribution in [1.82, 2.24) is 15.0 Å². The molecule has 1 aromatic carbocycles. The van der Waals surface area contributed by atoms with Gasteiger partial charge in [-0.1, -0.05) is 6.92 Å². The van der Waals surface area contributed by atoms with Gasteiger partial charge in [-0.05, 0) is 49.7 Å². The Morgan fingerprint density at radius 2 is 1.93 bits per heavy atom. The van der Waals surface area contributed by atoms with E-state index in [2.05, 4.69) is 22.1 Å². The lowest BCUT2D eigenvalue weighted by Gasteiger charge is -2.34. The van der Waals surface area contributed by atoms with E-state index in [9.17, 15) is 4.39 Å². The number of hydrogen-bond donors (Lipinski definition) is 1. The van der Waals surface area contributed by atoms with Gasteiger partial charge in [0.2, 0.25) is 0 Å². The molecule has 0 amide bonds. The minimum Gasteiger partial charge on any atom is -0.495 e. The third-order valence-electron chi connectivity index (χ3n) is 8.72. The summed E-state index contributed by atoms with van der Waals surface area (Å²) in [5, 5.41) is 3.84. The fourth-order valence-electron chi connectivity index (χ4n) is 6.11. The highest BCUT2D eigenvalue weighted by atomic mass is 19.1. The van der Waals surface area contributed by atoms with E-state index in [0.29, 0.717) is 41.3 Å². The zero-order valence-electron chi connectivity index (χ0n) is 23.5. The number of ether oxygens (including phenoxy) is 2. The molecule has 3 atom stereocenters. The van der Waals surface area contributed by atoms with Crippen LogP contribution in [0.2, 0.25) is 0 Å². The average molecular weight is 558 g/mol. The number of morpholine rings is 1. The van der Waals surface area contributed by atoms with Crippen LogP contribution >= 0.6 is 0 Å². The van der Waals surface area contributed by atoms with Crippen molar-refractivity contribution in [3.8, 4) is 16.9 Å². The van der Waals surface area contributed by atoms with Crippen LogP contribution in [0.25, 0.3) is 22.0 Å². The predicted molar refractivity (Wildman–Crippen MR) is 155 cm³/mol. The van der Waals surface area contributed by atoms with Crippen molar-refractivity contribution in [1.29, 1.82) is 0 Å². The quantitative estimate of drug-likeness (QED) is 0.269. The van der Waals surface area contributed by atoms with Gasteiger partial charge in [0.05, 0.1) is 48.3 Å². The number of methoxy groups -OCH3 is 1. The standard InChI is InChI=1S/C32H33F2N5O2/c1-17-8-23(17)28-16-39(6-7-41-28)29-12-26(24(15-36-29)20-9-22(40-3)14-35-13-20)37-32-18(2)31(19-4-5-19)38-27-11-21(33)10-25(34)30(27)32/h9-15,17,19,23,28H,4-8,16H2,1-3H3,(H,36,37,38)/t17?,23-,28?/m0/s1. The number of nitrogens with one attached hydrogen (secondary N) is 1. The second-order valence-corrected chi connectivity index (χ2v) is 11.6. The number of fused-ring (bicyclic) bond motifs is 1. The first-order chi connectivity index (χ1) is 19.9. The first-order valence-corrected chi connectivity index (χ1v) is 14.3. The second-order valence-electron chi connectivity index (χ2n) is 11.6. The summed E-state index contributed by atoms with van der Waals surface area (Å²) < 4.78 is 41.2. The third-order valence-corrected chi connectivity index (χ3v) is 8.72. The molecule has 41 heavy (non-hydrogen) atoms. The Hall–Kier alpha value is -3.85. The van der Waals surface area contributed by atoms with E-state index in [0.717, 1.165) is 65.9 Å². The van der Waals surface area contributed by atoms with Gasteiger partial charge in [0.15, 0.2) is 0 Å². The van der Waals surface area contributed by atoms with Gasteiger partial charge in [-0.2, -0.15) is 0 Å². The van der Waals surface area contributed by atoms with Crippen LogP contribution in [-0.2, 0) is 4.74 Å². The number of aromatic nitrogens is 3. The Labute approximate surface area is 237 Å². The maximum absolute atomic E-state index is 15.4. The zero-order valence-corrected chi connectivity index (χ0v) is 23.5. The van der Waals surface area contributed by atoms with E-state index < -0.39 is 11.6 Å². The monoisotopic (exact) mass is 557 g/mol. The third kappa shape index (κ3) is 4.96.